The van der Waals surface area contributed by atoms with Crippen molar-refractivity contribution in [2.45, 2.75) is 0 Å². The summed E-state index contributed by atoms with van der Waals surface area (Å²) in [6, 6.07) is 4.31. The molecule has 15 heavy (non-hydrogen) atoms. The Morgan fingerprint density at radius 3 is 2.40 bits per heavy atom. The fourth-order valence-corrected chi connectivity index (χ4v) is 1.50. The fraction of sp³-hybridized carbons (Fsp3) is 0.222. The number of carbonyl (C=O) groups is 1. The summed E-state index contributed by atoms with van der Waals surface area (Å²) in [7, 11) is 0. The van der Waals surface area contributed by atoms with Crippen molar-refractivity contribution in [3.8, 4) is 0 Å². The number of halogens is 2. The number of aliphatic hydroxyl groups excluding tert-OH is 1. The number of aliphatic hydroxyl groups is 1. The van der Waals surface area contributed by atoms with Gasteiger partial charge in [-0.2, -0.15) is 0 Å². The topological polar surface area (TPSA) is 61.4 Å². The highest BCUT2D eigenvalue weighted by Gasteiger charge is 2.02. The van der Waals surface area contributed by atoms with Crippen molar-refractivity contribution in [2.75, 3.05) is 18.5 Å². The number of benzene rings is 1. The maximum absolute atomic E-state index is 11.2. The molecule has 1 rings (SSSR count). The van der Waals surface area contributed by atoms with E-state index in [0.29, 0.717) is 15.7 Å². The normalized spacial score (nSPS) is 9.80. The molecule has 1 aromatic rings. The van der Waals surface area contributed by atoms with E-state index in [2.05, 4.69) is 10.6 Å². The second-order valence-corrected chi connectivity index (χ2v) is 3.64. The SMILES string of the molecule is O=C(NCCO)Nc1cc(Cl)cc(Cl)c1. The van der Waals surface area contributed by atoms with Gasteiger partial charge in [0.05, 0.1) is 6.61 Å². The summed E-state index contributed by atoms with van der Waals surface area (Å²) in [5.41, 5.74) is 0.503. The van der Waals surface area contributed by atoms with Gasteiger partial charge in [-0.3, -0.25) is 0 Å². The lowest BCUT2D eigenvalue weighted by Gasteiger charge is -2.07. The van der Waals surface area contributed by atoms with Crippen molar-refractivity contribution in [3.05, 3.63) is 28.2 Å². The Kier molecular flexibility index (Phi) is 4.68. The van der Waals surface area contributed by atoms with Crippen LogP contribution >= 0.6 is 23.2 Å². The minimum absolute atomic E-state index is 0.107. The van der Waals surface area contributed by atoms with Crippen LogP contribution in [0, 0.1) is 0 Å². The molecule has 0 aliphatic heterocycles. The van der Waals surface area contributed by atoms with E-state index in [0.717, 1.165) is 0 Å². The van der Waals surface area contributed by atoms with Gasteiger partial charge in [0.25, 0.3) is 0 Å². The molecular formula is C9H10Cl2N2O2. The number of hydrogen-bond acceptors (Lipinski definition) is 2. The lowest BCUT2D eigenvalue weighted by atomic mass is 10.3. The van der Waals surface area contributed by atoms with E-state index in [1.54, 1.807) is 18.2 Å². The molecule has 4 nitrogen and oxygen atoms in total. The number of anilines is 1. The monoisotopic (exact) mass is 248 g/mol. The van der Waals surface area contributed by atoms with Gasteiger partial charge in [-0.25, -0.2) is 4.79 Å². The number of amides is 2. The van der Waals surface area contributed by atoms with Crippen molar-refractivity contribution in [2.24, 2.45) is 0 Å². The summed E-state index contributed by atoms with van der Waals surface area (Å²) in [5, 5.41) is 14.3. The predicted molar refractivity (Wildman–Crippen MR) is 60.6 cm³/mol. The van der Waals surface area contributed by atoms with Gasteiger partial charge in [0, 0.05) is 22.3 Å². The molecule has 82 valence electrons. The third-order valence-corrected chi connectivity index (χ3v) is 1.95. The minimum atomic E-state index is -0.414. The zero-order valence-corrected chi connectivity index (χ0v) is 9.27. The number of urea groups is 1. The Balaban J connectivity index is 2.60. The number of carbonyl (C=O) groups excluding carboxylic acids is 1. The van der Waals surface area contributed by atoms with Gasteiger partial charge in [0.1, 0.15) is 0 Å². The van der Waals surface area contributed by atoms with Gasteiger partial charge in [0.2, 0.25) is 0 Å². The molecule has 0 bridgehead atoms. The van der Waals surface area contributed by atoms with Crippen LogP contribution in [0.25, 0.3) is 0 Å². The first-order valence-electron chi connectivity index (χ1n) is 4.23. The summed E-state index contributed by atoms with van der Waals surface area (Å²) in [4.78, 5) is 11.2. The summed E-state index contributed by atoms with van der Waals surface area (Å²) < 4.78 is 0. The Morgan fingerprint density at radius 1 is 1.27 bits per heavy atom. The number of rotatable bonds is 3. The lowest BCUT2D eigenvalue weighted by molar-refractivity contribution is 0.245. The van der Waals surface area contributed by atoms with Crippen LogP contribution in [0.1, 0.15) is 0 Å². The molecule has 0 saturated heterocycles. The first-order chi connectivity index (χ1) is 7.11. The van der Waals surface area contributed by atoms with Crippen LogP contribution in [-0.4, -0.2) is 24.3 Å². The van der Waals surface area contributed by atoms with E-state index in [4.69, 9.17) is 28.3 Å². The van der Waals surface area contributed by atoms with Gasteiger partial charge in [-0.1, -0.05) is 23.2 Å². The molecule has 0 fully saturated rings. The van der Waals surface area contributed by atoms with Crippen molar-refractivity contribution >= 4 is 34.9 Å². The van der Waals surface area contributed by atoms with E-state index in [1.807, 2.05) is 0 Å². The van der Waals surface area contributed by atoms with Crippen LogP contribution in [0.4, 0.5) is 10.5 Å². The zero-order chi connectivity index (χ0) is 11.3. The molecule has 0 aromatic heterocycles. The van der Waals surface area contributed by atoms with E-state index in [1.165, 1.54) is 0 Å². The smallest absolute Gasteiger partial charge is 0.319 e. The molecule has 3 N–H and O–H groups in total. The van der Waals surface area contributed by atoms with E-state index in [-0.39, 0.29) is 13.2 Å². The Bertz CT molecular complexity index is 338. The molecule has 6 heteroatoms. The quantitative estimate of drug-likeness (QED) is 0.768. The third kappa shape index (κ3) is 4.38. The average molecular weight is 249 g/mol. The Morgan fingerprint density at radius 2 is 1.87 bits per heavy atom. The van der Waals surface area contributed by atoms with E-state index in [9.17, 15) is 4.79 Å². The van der Waals surface area contributed by atoms with Gasteiger partial charge < -0.3 is 15.7 Å². The van der Waals surface area contributed by atoms with Gasteiger partial charge in [0.15, 0.2) is 0 Å². The van der Waals surface area contributed by atoms with Crippen LogP contribution < -0.4 is 10.6 Å². The van der Waals surface area contributed by atoms with Crippen molar-refractivity contribution in [1.82, 2.24) is 5.32 Å². The minimum Gasteiger partial charge on any atom is -0.395 e. The van der Waals surface area contributed by atoms with Crippen LogP contribution in [0.15, 0.2) is 18.2 Å². The maximum atomic E-state index is 11.2. The van der Waals surface area contributed by atoms with Crippen LogP contribution in [0.5, 0.6) is 0 Å². The molecule has 2 amide bonds. The molecule has 0 saturated carbocycles. The molecule has 0 radical (unpaired) electrons. The van der Waals surface area contributed by atoms with Gasteiger partial charge in [-0.15, -0.1) is 0 Å². The van der Waals surface area contributed by atoms with Crippen LogP contribution in [-0.2, 0) is 0 Å². The standard InChI is InChI=1S/C9H10Cl2N2O2/c10-6-3-7(11)5-8(4-6)13-9(15)12-1-2-14/h3-5,14H,1-2H2,(H2,12,13,15). The van der Waals surface area contributed by atoms with E-state index < -0.39 is 6.03 Å². The first kappa shape index (κ1) is 12.1. The molecule has 0 unspecified atom stereocenters. The van der Waals surface area contributed by atoms with Crippen LogP contribution in [0.3, 0.4) is 0 Å². The highest BCUT2D eigenvalue weighted by molar-refractivity contribution is 6.35. The second-order valence-electron chi connectivity index (χ2n) is 2.76. The molecule has 0 atom stereocenters. The van der Waals surface area contributed by atoms with Crippen molar-refractivity contribution < 1.29 is 9.90 Å². The molecule has 1 aromatic carbocycles. The van der Waals surface area contributed by atoms with E-state index >= 15 is 0 Å². The molecular weight excluding hydrogens is 239 g/mol. The average Bonchev–Trinajstić information content (AvgIpc) is 2.13. The fourth-order valence-electron chi connectivity index (χ4n) is 0.971. The Labute approximate surface area is 97.2 Å². The van der Waals surface area contributed by atoms with Crippen molar-refractivity contribution in [3.63, 3.8) is 0 Å². The highest BCUT2D eigenvalue weighted by atomic mass is 35.5. The first-order valence-corrected chi connectivity index (χ1v) is 4.99. The lowest BCUT2D eigenvalue weighted by Crippen LogP contribution is -2.30. The highest BCUT2D eigenvalue weighted by Crippen LogP contribution is 2.22. The summed E-state index contributed by atoms with van der Waals surface area (Å²) in [6.45, 7) is 0.0872. The molecule has 0 aliphatic carbocycles. The molecule has 0 spiro atoms. The predicted octanol–water partition coefficient (Wildman–Crippen LogP) is 2.11. The van der Waals surface area contributed by atoms with Gasteiger partial charge >= 0.3 is 6.03 Å². The maximum Gasteiger partial charge on any atom is 0.319 e. The van der Waals surface area contributed by atoms with Crippen molar-refractivity contribution in [1.29, 1.82) is 0 Å². The molecule has 0 heterocycles. The Hall–Kier alpha value is -0.970. The van der Waals surface area contributed by atoms with Gasteiger partial charge in [-0.05, 0) is 18.2 Å². The largest absolute Gasteiger partial charge is 0.395 e. The summed E-state index contributed by atoms with van der Waals surface area (Å²) in [6.07, 6.45) is 0. The third-order valence-electron chi connectivity index (χ3n) is 1.52. The number of nitrogens with one attached hydrogen (secondary N) is 2. The van der Waals surface area contributed by atoms with Crippen LogP contribution in [0.2, 0.25) is 10.0 Å². The zero-order valence-electron chi connectivity index (χ0n) is 7.76. The summed E-state index contributed by atoms with van der Waals surface area (Å²) >= 11 is 11.5. The molecule has 0 aliphatic rings. The second kappa shape index (κ2) is 5.80. The summed E-state index contributed by atoms with van der Waals surface area (Å²) in [5.74, 6) is 0. The number of hydrogen-bond donors (Lipinski definition) is 3.